The van der Waals surface area contributed by atoms with Crippen molar-refractivity contribution < 1.29 is 18.7 Å². The molecule has 0 aliphatic carbocycles. The fourth-order valence-corrected chi connectivity index (χ4v) is 2.39. The minimum Gasteiger partial charge on any atom is -0.443 e. The van der Waals surface area contributed by atoms with Crippen molar-refractivity contribution in [2.75, 3.05) is 6.54 Å². The minimum atomic E-state index is -0.945. The van der Waals surface area contributed by atoms with Crippen molar-refractivity contribution in [2.24, 2.45) is 0 Å². The van der Waals surface area contributed by atoms with Crippen molar-refractivity contribution in [3.8, 4) is 11.3 Å². The second-order valence-corrected chi connectivity index (χ2v) is 5.67. The van der Waals surface area contributed by atoms with Gasteiger partial charge in [-0.2, -0.15) is 0 Å². The van der Waals surface area contributed by atoms with Crippen LogP contribution in [0.1, 0.15) is 27.7 Å². The summed E-state index contributed by atoms with van der Waals surface area (Å²) in [4.78, 5) is 16.3. The van der Waals surface area contributed by atoms with Gasteiger partial charge in [0.15, 0.2) is 17.8 Å². The lowest BCUT2D eigenvalue weighted by atomic mass is 10.1. The van der Waals surface area contributed by atoms with Gasteiger partial charge >= 0.3 is 0 Å². The maximum atomic E-state index is 12.9. The molecule has 0 aliphatic heterocycles. The van der Waals surface area contributed by atoms with Gasteiger partial charge in [0.1, 0.15) is 5.82 Å². The first-order chi connectivity index (χ1) is 12.0. The summed E-state index contributed by atoms with van der Waals surface area (Å²) in [5.41, 5.74) is 2.50. The fraction of sp³-hybridized carbons (Fsp3) is 0.158. The van der Waals surface area contributed by atoms with E-state index in [-0.39, 0.29) is 18.1 Å². The zero-order valence-corrected chi connectivity index (χ0v) is 13.6. The van der Waals surface area contributed by atoms with Crippen LogP contribution >= 0.6 is 0 Å². The van der Waals surface area contributed by atoms with Gasteiger partial charge in [0.25, 0.3) is 5.91 Å². The van der Waals surface area contributed by atoms with Crippen LogP contribution in [0.15, 0.2) is 59.3 Å². The molecule has 5 nitrogen and oxygen atoms in total. The molecule has 2 N–H and O–H groups in total. The lowest BCUT2D eigenvalue weighted by Gasteiger charge is -2.12. The average Bonchev–Trinajstić information content (AvgIpc) is 3.10. The lowest BCUT2D eigenvalue weighted by molar-refractivity contribution is 0.0912. The molecule has 0 aliphatic rings. The van der Waals surface area contributed by atoms with Gasteiger partial charge in [-0.05, 0) is 24.6 Å². The van der Waals surface area contributed by atoms with E-state index in [1.54, 1.807) is 0 Å². The van der Waals surface area contributed by atoms with Gasteiger partial charge in [0.2, 0.25) is 0 Å². The number of oxazole rings is 1. The van der Waals surface area contributed by atoms with Crippen LogP contribution in [0, 0.1) is 12.7 Å². The van der Waals surface area contributed by atoms with Crippen LogP contribution in [-0.4, -0.2) is 22.5 Å². The van der Waals surface area contributed by atoms with E-state index in [0.717, 1.165) is 11.1 Å². The largest absolute Gasteiger partial charge is 0.443 e. The molecule has 1 unspecified atom stereocenters. The summed E-state index contributed by atoms with van der Waals surface area (Å²) in [6.07, 6.45) is 0.264. The third-order valence-electron chi connectivity index (χ3n) is 3.81. The smallest absolute Gasteiger partial charge is 0.274 e. The van der Waals surface area contributed by atoms with Crippen molar-refractivity contribution in [1.82, 2.24) is 10.3 Å². The first kappa shape index (κ1) is 16.9. The van der Waals surface area contributed by atoms with Crippen molar-refractivity contribution in [3.05, 3.63) is 77.6 Å². The summed E-state index contributed by atoms with van der Waals surface area (Å²) in [6.45, 7) is 1.94. The first-order valence-electron chi connectivity index (χ1n) is 7.77. The van der Waals surface area contributed by atoms with Crippen molar-refractivity contribution in [1.29, 1.82) is 0 Å². The van der Waals surface area contributed by atoms with E-state index < -0.39 is 12.0 Å². The molecule has 25 heavy (non-hydrogen) atoms. The van der Waals surface area contributed by atoms with Crippen LogP contribution in [-0.2, 0) is 0 Å². The summed E-state index contributed by atoms with van der Waals surface area (Å²) in [5, 5.41) is 12.7. The van der Waals surface area contributed by atoms with E-state index in [1.807, 2.05) is 31.2 Å². The highest BCUT2D eigenvalue weighted by Gasteiger charge is 2.19. The highest BCUT2D eigenvalue weighted by atomic mass is 19.1. The number of carbonyl (C=O) groups is 1. The van der Waals surface area contributed by atoms with Crippen LogP contribution in [0.3, 0.4) is 0 Å². The number of aliphatic hydroxyl groups is 1. The lowest BCUT2D eigenvalue weighted by Crippen LogP contribution is -2.29. The molecule has 6 heteroatoms. The number of hydrogen-bond acceptors (Lipinski definition) is 4. The quantitative estimate of drug-likeness (QED) is 0.747. The monoisotopic (exact) mass is 340 g/mol. The summed E-state index contributed by atoms with van der Waals surface area (Å²) >= 11 is 0. The Hall–Kier alpha value is -2.99. The van der Waals surface area contributed by atoms with E-state index in [0.29, 0.717) is 11.3 Å². The molecular weight excluding hydrogens is 323 g/mol. The maximum absolute atomic E-state index is 12.9. The highest BCUT2D eigenvalue weighted by Crippen LogP contribution is 2.23. The van der Waals surface area contributed by atoms with Gasteiger partial charge in [-0.3, -0.25) is 4.79 Å². The number of nitrogens with zero attached hydrogens (tertiary/aromatic N) is 1. The first-order valence-corrected chi connectivity index (χ1v) is 7.77. The summed E-state index contributed by atoms with van der Waals surface area (Å²) in [7, 11) is 0. The van der Waals surface area contributed by atoms with E-state index in [1.165, 1.54) is 30.7 Å². The van der Waals surface area contributed by atoms with E-state index in [2.05, 4.69) is 10.3 Å². The van der Waals surface area contributed by atoms with Gasteiger partial charge in [-0.15, -0.1) is 0 Å². The molecule has 3 rings (SSSR count). The molecule has 0 radical (unpaired) electrons. The number of nitrogens with one attached hydrogen (secondary N) is 1. The molecular formula is C19H17FN2O3. The summed E-state index contributed by atoms with van der Waals surface area (Å²) in [5.74, 6) is -0.468. The molecule has 2 aromatic carbocycles. The van der Waals surface area contributed by atoms with Gasteiger partial charge in [-0.1, -0.05) is 42.0 Å². The molecule has 1 heterocycles. The van der Waals surface area contributed by atoms with E-state index in [4.69, 9.17) is 4.42 Å². The Morgan fingerprint density at radius 2 is 1.88 bits per heavy atom. The predicted octanol–water partition coefficient (Wildman–Crippen LogP) is 3.25. The number of amides is 1. The molecule has 128 valence electrons. The van der Waals surface area contributed by atoms with Crippen molar-refractivity contribution >= 4 is 5.91 Å². The Balaban J connectivity index is 1.69. The number of rotatable bonds is 5. The number of aromatic nitrogens is 1. The standard InChI is InChI=1S/C19H17FN2O3/c1-12-2-4-14(5-3-12)18-17(22-11-25-18)19(24)21-10-16(23)13-6-8-15(20)9-7-13/h2-9,11,16,23H,10H2,1H3,(H,21,24). The Morgan fingerprint density at radius 1 is 1.20 bits per heavy atom. The summed E-state index contributed by atoms with van der Waals surface area (Å²) in [6, 6.07) is 13.0. The van der Waals surface area contributed by atoms with E-state index >= 15 is 0 Å². The third kappa shape index (κ3) is 3.92. The number of aryl methyl sites for hydroxylation is 1. The predicted molar refractivity (Wildman–Crippen MR) is 90.4 cm³/mol. The van der Waals surface area contributed by atoms with Crippen LogP contribution in [0.5, 0.6) is 0 Å². The zero-order chi connectivity index (χ0) is 17.8. The molecule has 0 bridgehead atoms. The Morgan fingerprint density at radius 3 is 2.56 bits per heavy atom. The van der Waals surface area contributed by atoms with Gasteiger partial charge in [-0.25, -0.2) is 9.37 Å². The van der Waals surface area contributed by atoms with Crippen molar-refractivity contribution in [2.45, 2.75) is 13.0 Å². The second kappa shape index (κ2) is 7.27. The Kier molecular flexibility index (Phi) is 4.90. The van der Waals surface area contributed by atoms with Crippen LogP contribution < -0.4 is 5.32 Å². The molecule has 0 spiro atoms. The number of benzene rings is 2. The molecule has 0 saturated heterocycles. The van der Waals surface area contributed by atoms with Crippen LogP contribution in [0.4, 0.5) is 4.39 Å². The Labute approximate surface area is 144 Å². The topological polar surface area (TPSA) is 75.4 Å². The molecule has 1 aromatic heterocycles. The molecule has 0 fully saturated rings. The van der Waals surface area contributed by atoms with Gasteiger partial charge in [0, 0.05) is 12.1 Å². The van der Waals surface area contributed by atoms with E-state index in [9.17, 15) is 14.3 Å². The zero-order valence-electron chi connectivity index (χ0n) is 13.6. The number of hydrogen-bond donors (Lipinski definition) is 2. The van der Waals surface area contributed by atoms with Crippen LogP contribution in [0.25, 0.3) is 11.3 Å². The molecule has 1 amide bonds. The van der Waals surface area contributed by atoms with Crippen LogP contribution in [0.2, 0.25) is 0 Å². The second-order valence-electron chi connectivity index (χ2n) is 5.67. The number of carbonyl (C=O) groups excluding carboxylic acids is 1. The Bertz CT molecular complexity index is 857. The van der Waals surface area contributed by atoms with Crippen molar-refractivity contribution in [3.63, 3.8) is 0 Å². The highest BCUT2D eigenvalue weighted by molar-refractivity contribution is 5.97. The normalized spacial score (nSPS) is 12.0. The van der Waals surface area contributed by atoms with Gasteiger partial charge < -0.3 is 14.8 Å². The van der Waals surface area contributed by atoms with Gasteiger partial charge in [0.05, 0.1) is 6.10 Å². The summed E-state index contributed by atoms with van der Waals surface area (Å²) < 4.78 is 18.3. The third-order valence-corrected chi connectivity index (χ3v) is 3.81. The average molecular weight is 340 g/mol. The number of halogens is 1. The minimum absolute atomic E-state index is 0.0232. The fourth-order valence-electron chi connectivity index (χ4n) is 2.39. The molecule has 0 saturated carbocycles. The molecule has 1 atom stereocenters. The molecule has 3 aromatic rings. The number of aliphatic hydroxyl groups excluding tert-OH is 1. The SMILES string of the molecule is Cc1ccc(-c2ocnc2C(=O)NCC(O)c2ccc(F)cc2)cc1. The maximum Gasteiger partial charge on any atom is 0.274 e.